The Morgan fingerprint density at radius 3 is 2.42 bits per heavy atom. The third-order valence-corrected chi connectivity index (χ3v) is 9.58. The summed E-state index contributed by atoms with van der Waals surface area (Å²) in [6.07, 6.45) is 0.229. The third-order valence-electron chi connectivity index (χ3n) is 9.58. The highest BCUT2D eigenvalue weighted by Crippen LogP contribution is 2.47. The topological polar surface area (TPSA) is 87.2 Å². The van der Waals surface area contributed by atoms with Crippen molar-refractivity contribution >= 4 is 12.1 Å². The van der Waals surface area contributed by atoms with Crippen LogP contribution in [-0.4, -0.2) is 46.8 Å². The molecule has 9 heteroatoms. The molecule has 4 aromatic rings. The molecule has 0 aliphatic carbocycles. The lowest BCUT2D eigenvalue weighted by atomic mass is 9.82. The molecule has 6 rings (SSSR count). The number of pyridine rings is 1. The Morgan fingerprint density at radius 2 is 1.71 bits per heavy atom. The Bertz CT molecular complexity index is 1980. The standard InChI is InChI=1S/C43H49FN2O6/c1-25(2)51-41(47)40(52-43(6,7)8)37-28(5)45-27(4)36(38(37)34-22-35(44)39-33(26(34)3)15-12-20-49-39)31-16-17-32-23-46(19-18-30(32)21-31)42(48)50-24-29-13-10-9-11-14-29/h9-11,13-14,16-17,21-22,25,40H,12,15,18-20,23-24H2,1-8H3. The molecule has 1 unspecified atom stereocenters. The van der Waals surface area contributed by atoms with Gasteiger partial charge in [-0.15, -0.1) is 0 Å². The summed E-state index contributed by atoms with van der Waals surface area (Å²) in [5.41, 5.74) is 8.93. The van der Waals surface area contributed by atoms with Crippen molar-refractivity contribution in [1.82, 2.24) is 9.88 Å². The lowest BCUT2D eigenvalue weighted by Gasteiger charge is -2.32. The largest absolute Gasteiger partial charge is 0.490 e. The lowest BCUT2D eigenvalue weighted by Crippen LogP contribution is -2.36. The maximum absolute atomic E-state index is 16.0. The third kappa shape index (κ3) is 7.84. The first-order valence-electron chi connectivity index (χ1n) is 18.1. The van der Waals surface area contributed by atoms with Gasteiger partial charge < -0.3 is 23.8 Å². The number of fused-ring (bicyclic) bond motifs is 2. The van der Waals surface area contributed by atoms with Crippen LogP contribution in [0.3, 0.4) is 0 Å². The van der Waals surface area contributed by atoms with E-state index in [-0.39, 0.29) is 18.8 Å². The van der Waals surface area contributed by atoms with Gasteiger partial charge in [-0.05, 0) is 120 Å². The van der Waals surface area contributed by atoms with E-state index in [1.807, 2.05) is 84.0 Å². The molecular weight excluding hydrogens is 659 g/mol. The quantitative estimate of drug-likeness (QED) is 0.169. The van der Waals surface area contributed by atoms with Gasteiger partial charge in [0.15, 0.2) is 17.7 Å². The summed E-state index contributed by atoms with van der Waals surface area (Å²) < 4.78 is 39.8. The highest BCUT2D eigenvalue weighted by Gasteiger charge is 2.36. The monoisotopic (exact) mass is 708 g/mol. The van der Waals surface area contributed by atoms with Crippen LogP contribution >= 0.6 is 0 Å². The molecule has 2 aliphatic rings. The summed E-state index contributed by atoms with van der Waals surface area (Å²) in [5, 5.41) is 0. The van der Waals surface area contributed by atoms with Gasteiger partial charge in [0.2, 0.25) is 0 Å². The molecule has 0 bridgehead atoms. The van der Waals surface area contributed by atoms with Crippen molar-refractivity contribution in [1.29, 1.82) is 0 Å². The number of carbonyl (C=O) groups is 2. The fourth-order valence-electron chi connectivity index (χ4n) is 7.28. The lowest BCUT2D eigenvalue weighted by molar-refractivity contribution is -0.171. The molecule has 2 aliphatic heterocycles. The molecule has 0 saturated heterocycles. The van der Waals surface area contributed by atoms with E-state index in [0.29, 0.717) is 60.7 Å². The summed E-state index contributed by atoms with van der Waals surface area (Å²) in [6.45, 7) is 16.7. The molecule has 1 aromatic heterocycles. The fraction of sp³-hybridized carbons (Fsp3) is 0.419. The van der Waals surface area contributed by atoms with Crippen molar-refractivity contribution in [3.8, 4) is 28.0 Å². The SMILES string of the molecule is Cc1nc(C)c(C(OC(C)(C)C)C(=O)OC(C)C)c(-c2cc(F)c3c(c2C)CCCO3)c1-c1ccc2c(c1)CCN(C(=O)OCc1ccccc1)C2. The Labute approximate surface area is 306 Å². The number of carbonyl (C=O) groups excluding carboxylic acids is 2. The van der Waals surface area contributed by atoms with E-state index in [1.165, 1.54) is 6.07 Å². The van der Waals surface area contributed by atoms with E-state index in [1.54, 1.807) is 18.7 Å². The summed E-state index contributed by atoms with van der Waals surface area (Å²) >= 11 is 0. The number of ether oxygens (including phenoxy) is 4. The molecule has 3 aromatic carbocycles. The van der Waals surface area contributed by atoms with Crippen LogP contribution < -0.4 is 4.74 Å². The summed E-state index contributed by atoms with van der Waals surface area (Å²) in [4.78, 5) is 33.7. The van der Waals surface area contributed by atoms with Crippen LogP contribution in [-0.2, 0) is 45.0 Å². The van der Waals surface area contributed by atoms with Crippen molar-refractivity contribution < 1.29 is 32.9 Å². The van der Waals surface area contributed by atoms with Gasteiger partial charge in [-0.1, -0.05) is 48.5 Å². The smallest absolute Gasteiger partial charge is 0.410 e. The summed E-state index contributed by atoms with van der Waals surface area (Å²) in [7, 11) is 0. The number of aryl methyl sites for hydroxylation is 2. The van der Waals surface area contributed by atoms with Crippen molar-refractivity contribution in [3.05, 3.63) is 105 Å². The van der Waals surface area contributed by atoms with Gasteiger partial charge in [0, 0.05) is 41.2 Å². The van der Waals surface area contributed by atoms with Gasteiger partial charge >= 0.3 is 12.1 Å². The minimum Gasteiger partial charge on any atom is -0.490 e. The second kappa shape index (κ2) is 15.1. The first-order chi connectivity index (χ1) is 24.7. The Balaban J connectivity index is 1.48. The van der Waals surface area contributed by atoms with Crippen molar-refractivity contribution in [2.75, 3.05) is 13.2 Å². The maximum atomic E-state index is 16.0. The number of hydrogen-bond acceptors (Lipinski definition) is 7. The van der Waals surface area contributed by atoms with Crippen molar-refractivity contribution in [2.24, 2.45) is 0 Å². The molecule has 0 radical (unpaired) electrons. The second-order valence-electron chi connectivity index (χ2n) is 15.0. The highest BCUT2D eigenvalue weighted by molar-refractivity contribution is 5.93. The number of nitrogens with zero attached hydrogens (tertiary/aromatic N) is 2. The zero-order valence-corrected chi connectivity index (χ0v) is 31.5. The number of amides is 1. The number of esters is 1. The van der Waals surface area contributed by atoms with Gasteiger partial charge in [-0.25, -0.2) is 14.0 Å². The minimum absolute atomic E-state index is 0.215. The van der Waals surface area contributed by atoms with Gasteiger partial charge in [0.1, 0.15) is 6.61 Å². The molecule has 3 heterocycles. The molecule has 274 valence electrons. The molecule has 0 N–H and O–H groups in total. The zero-order chi connectivity index (χ0) is 37.3. The molecular formula is C43H49FN2O6. The predicted molar refractivity (Wildman–Crippen MR) is 199 cm³/mol. The number of rotatable bonds is 8. The Kier molecular flexibility index (Phi) is 10.7. The second-order valence-corrected chi connectivity index (χ2v) is 15.0. The Hall–Kier alpha value is -4.76. The maximum Gasteiger partial charge on any atom is 0.410 e. The van der Waals surface area contributed by atoms with E-state index in [2.05, 4.69) is 6.07 Å². The van der Waals surface area contributed by atoms with Crippen LogP contribution in [0, 0.1) is 26.6 Å². The van der Waals surface area contributed by atoms with Crippen LogP contribution in [0.25, 0.3) is 22.3 Å². The van der Waals surface area contributed by atoms with Crippen LogP contribution in [0.15, 0.2) is 54.6 Å². The van der Waals surface area contributed by atoms with E-state index >= 15 is 4.39 Å². The van der Waals surface area contributed by atoms with E-state index in [0.717, 1.165) is 51.1 Å². The first kappa shape index (κ1) is 37.0. The van der Waals surface area contributed by atoms with E-state index < -0.39 is 23.5 Å². The van der Waals surface area contributed by atoms with Crippen molar-refractivity contribution in [3.63, 3.8) is 0 Å². The molecule has 1 amide bonds. The predicted octanol–water partition coefficient (Wildman–Crippen LogP) is 9.31. The van der Waals surface area contributed by atoms with Gasteiger partial charge in [-0.2, -0.15) is 0 Å². The van der Waals surface area contributed by atoms with Crippen LogP contribution in [0.1, 0.15) is 91.9 Å². The molecule has 0 saturated carbocycles. The minimum atomic E-state index is -1.13. The van der Waals surface area contributed by atoms with Gasteiger partial charge in [-0.3, -0.25) is 4.98 Å². The fourth-order valence-corrected chi connectivity index (χ4v) is 7.28. The molecule has 8 nitrogen and oxygen atoms in total. The molecule has 0 spiro atoms. The number of halogens is 1. The highest BCUT2D eigenvalue weighted by atomic mass is 19.1. The average molecular weight is 709 g/mol. The number of benzene rings is 3. The summed E-state index contributed by atoms with van der Waals surface area (Å²) in [5.74, 6) is -0.683. The number of aromatic nitrogens is 1. The normalized spacial score (nSPS) is 14.7. The van der Waals surface area contributed by atoms with Crippen molar-refractivity contribution in [2.45, 2.75) is 106 Å². The Morgan fingerprint density at radius 1 is 0.962 bits per heavy atom. The molecule has 0 fully saturated rings. The van der Waals surface area contributed by atoms with Gasteiger partial charge in [0.05, 0.1) is 18.3 Å². The zero-order valence-electron chi connectivity index (χ0n) is 31.5. The average Bonchev–Trinajstić information content (AvgIpc) is 3.10. The molecule has 1 atom stereocenters. The number of hydrogen-bond donors (Lipinski definition) is 0. The van der Waals surface area contributed by atoms with Crippen LogP contribution in [0.5, 0.6) is 5.75 Å². The summed E-state index contributed by atoms with van der Waals surface area (Å²) in [6, 6.07) is 17.3. The molecule has 52 heavy (non-hydrogen) atoms. The van der Waals surface area contributed by atoms with Crippen LogP contribution in [0.4, 0.5) is 9.18 Å². The first-order valence-corrected chi connectivity index (χ1v) is 18.1. The van der Waals surface area contributed by atoms with Gasteiger partial charge in [0.25, 0.3) is 0 Å². The van der Waals surface area contributed by atoms with E-state index in [4.69, 9.17) is 23.9 Å². The van der Waals surface area contributed by atoms with E-state index in [9.17, 15) is 9.59 Å². The van der Waals surface area contributed by atoms with Crippen LogP contribution in [0.2, 0.25) is 0 Å².